The third-order valence-electron chi connectivity index (χ3n) is 2.92. The lowest BCUT2D eigenvalue weighted by molar-refractivity contribution is 0.206. The SMILES string of the molecule is CNC1[CH]CCC(NC)(NC)C1. The predicted octanol–water partition coefficient (Wildman–Crippen LogP) is 0.0977. The molecule has 1 atom stereocenters. The van der Waals surface area contributed by atoms with E-state index >= 15 is 0 Å². The molecule has 71 valence electrons. The maximum absolute atomic E-state index is 3.36. The highest BCUT2D eigenvalue weighted by Gasteiger charge is 2.32. The minimum Gasteiger partial charge on any atom is -0.317 e. The summed E-state index contributed by atoms with van der Waals surface area (Å²) in [5.41, 5.74) is 0.141. The third-order valence-corrected chi connectivity index (χ3v) is 2.92. The summed E-state index contributed by atoms with van der Waals surface area (Å²) in [5, 5.41) is 10.0. The van der Waals surface area contributed by atoms with Crippen molar-refractivity contribution in [3.8, 4) is 0 Å². The molecule has 1 saturated carbocycles. The molecule has 0 aromatic carbocycles. The molecule has 1 radical (unpaired) electrons. The van der Waals surface area contributed by atoms with E-state index in [4.69, 9.17) is 0 Å². The average molecular weight is 170 g/mol. The van der Waals surface area contributed by atoms with E-state index < -0.39 is 0 Å². The molecule has 0 aromatic rings. The van der Waals surface area contributed by atoms with E-state index in [1.807, 2.05) is 21.1 Å². The van der Waals surface area contributed by atoms with Crippen molar-refractivity contribution in [1.82, 2.24) is 16.0 Å². The normalized spacial score (nSPS) is 28.8. The van der Waals surface area contributed by atoms with Crippen molar-refractivity contribution in [2.75, 3.05) is 21.1 Å². The Labute approximate surface area is 75.3 Å². The van der Waals surface area contributed by atoms with Crippen LogP contribution < -0.4 is 16.0 Å². The molecule has 1 aliphatic carbocycles. The molecule has 0 bridgehead atoms. The lowest BCUT2D eigenvalue weighted by Gasteiger charge is -2.40. The van der Waals surface area contributed by atoms with Gasteiger partial charge in [0.2, 0.25) is 0 Å². The van der Waals surface area contributed by atoms with Crippen molar-refractivity contribution in [2.45, 2.75) is 31.0 Å². The van der Waals surface area contributed by atoms with Crippen molar-refractivity contribution < 1.29 is 0 Å². The first-order chi connectivity index (χ1) is 5.76. The molecule has 0 spiro atoms. The average Bonchev–Trinajstić information content (AvgIpc) is 2.18. The van der Waals surface area contributed by atoms with Crippen LogP contribution in [-0.4, -0.2) is 32.8 Å². The van der Waals surface area contributed by atoms with Crippen LogP contribution in [-0.2, 0) is 0 Å². The fourth-order valence-electron chi connectivity index (χ4n) is 1.89. The van der Waals surface area contributed by atoms with E-state index in [0.29, 0.717) is 6.04 Å². The van der Waals surface area contributed by atoms with Gasteiger partial charge in [-0.25, -0.2) is 0 Å². The zero-order chi connectivity index (χ0) is 9.03. The molecular formula is C9H20N3. The maximum Gasteiger partial charge on any atom is 0.0697 e. The van der Waals surface area contributed by atoms with Gasteiger partial charge in [-0.2, -0.15) is 0 Å². The molecule has 1 aliphatic rings. The Hall–Kier alpha value is -0.120. The zero-order valence-electron chi connectivity index (χ0n) is 8.28. The number of nitrogens with one attached hydrogen (secondary N) is 3. The second-order valence-corrected chi connectivity index (χ2v) is 3.46. The van der Waals surface area contributed by atoms with Crippen LogP contribution in [0.1, 0.15) is 19.3 Å². The quantitative estimate of drug-likeness (QED) is 0.526. The first-order valence-corrected chi connectivity index (χ1v) is 4.65. The summed E-state index contributed by atoms with van der Waals surface area (Å²) in [5.74, 6) is 0. The van der Waals surface area contributed by atoms with Gasteiger partial charge in [-0.3, -0.25) is 0 Å². The Morgan fingerprint density at radius 1 is 1.25 bits per heavy atom. The first-order valence-electron chi connectivity index (χ1n) is 4.65. The van der Waals surface area contributed by atoms with Gasteiger partial charge in [0.15, 0.2) is 0 Å². The molecule has 3 N–H and O–H groups in total. The molecule has 0 amide bonds. The lowest BCUT2D eigenvalue weighted by atomic mass is 9.85. The molecule has 1 fully saturated rings. The third kappa shape index (κ3) is 1.97. The Bertz CT molecular complexity index is 132. The van der Waals surface area contributed by atoms with Gasteiger partial charge in [0, 0.05) is 6.04 Å². The van der Waals surface area contributed by atoms with Crippen molar-refractivity contribution in [2.24, 2.45) is 0 Å². The zero-order valence-corrected chi connectivity index (χ0v) is 8.28. The van der Waals surface area contributed by atoms with Crippen LogP contribution in [0.5, 0.6) is 0 Å². The van der Waals surface area contributed by atoms with E-state index in [0.717, 1.165) is 6.42 Å². The Morgan fingerprint density at radius 2 is 1.92 bits per heavy atom. The molecule has 0 saturated heterocycles. The summed E-state index contributed by atoms with van der Waals surface area (Å²) in [7, 11) is 6.06. The van der Waals surface area contributed by atoms with Crippen molar-refractivity contribution in [3.63, 3.8) is 0 Å². The summed E-state index contributed by atoms with van der Waals surface area (Å²) in [6, 6.07) is 0.540. The van der Waals surface area contributed by atoms with Crippen molar-refractivity contribution in [3.05, 3.63) is 6.42 Å². The number of rotatable bonds is 3. The Balaban J connectivity index is 2.52. The molecular weight excluding hydrogens is 150 g/mol. The smallest absolute Gasteiger partial charge is 0.0697 e. The van der Waals surface area contributed by atoms with Gasteiger partial charge in [-0.05, 0) is 46.8 Å². The van der Waals surface area contributed by atoms with Crippen LogP contribution in [0.15, 0.2) is 0 Å². The minimum atomic E-state index is 0.141. The van der Waals surface area contributed by atoms with Crippen molar-refractivity contribution in [1.29, 1.82) is 0 Å². The van der Waals surface area contributed by atoms with Gasteiger partial charge in [0.05, 0.1) is 5.66 Å². The second kappa shape index (κ2) is 4.21. The van der Waals surface area contributed by atoms with Crippen LogP contribution >= 0.6 is 0 Å². The fraction of sp³-hybridized carbons (Fsp3) is 0.889. The maximum atomic E-state index is 3.36. The van der Waals surface area contributed by atoms with E-state index in [1.165, 1.54) is 12.8 Å². The van der Waals surface area contributed by atoms with Gasteiger partial charge < -0.3 is 16.0 Å². The predicted molar refractivity (Wildman–Crippen MR) is 51.8 cm³/mol. The van der Waals surface area contributed by atoms with Gasteiger partial charge in [-0.15, -0.1) is 0 Å². The van der Waals surface area contributed by atoms with E-state index in [9.17, 15) is 0 Å². The highest BCUT2D eigenvalue weighted by Crippen LogP contribution is 2.24. The minimum absolute atomic E-state index is 0.141. The molecule has 1 unspecified atom stereocenters. The van der Waals surface area contributed by atoms with E-state index in [1.54, 1.807) is 0 Å². The summed E-state index contributed by atoms with van der Waals surface area (Å²) >= 11 is 0. The molecule has 0 aromatic heterocycles. The van der Waals surface area contributed by atoms with Crippen LogP contribution in [0.2, 0.25) is 0 Å². The summed E-state index contributed by atoms with van der Waals surface area (Å²) in [6.07, 6.45) is 5.83. The van der Waals surface area contributed by atoms with Gasteiger partial charge in [0.25, 0.3) is 0 Å². The van der Waals surface area contributed by atoms with E-state index in [-0.39, 0.29) is 5.66 Å². The Kier molecular flexibility index (Phi) is 3.50. The molecule has 0 heterocycles. The summed E-state index contributed by atoms with van der Waals surface area (Å²) in [4.78, 5) is 0. The van der Waals surface area contributed by atoms with Gasteiger partial charge >= 0.3 is 0 Å². The number of hydrogen-bond acceptors (Lipinski definition) is 3. The van der Waals surface area contributed by atoms with Crippen LogP contribution in [0.25, 0.3) is 0 Å². The summed E-state index contributed by atoms with van der Waals surface area (Å²) < 4.78 is 0. The molecule has 1 rings (SSSR count). The summed E-state index contributed by atoms with van der Waals surface area (Å²) in [6.45, 7) is 0. The topological polar surface area (TPSA) is 36.1 Å². The monoisotopic (exact) mass is 170 g/mol. The molecule has 12 heavy (non-hydrogen) atoms. The molecule has 0 aliphatic heterocycles. The highest BCUT2D eigenvalue weighted by molar-refractivity contribution is 4.99. The van der Waals surface area contributed by atoms with Gasteiger partial charge in [0.1, 0.15) is 0 Å². The lowest BCUT2D eigenvalue weighted by Crippen LogP contribution is -2.59. The second-order valence-electron chi connectivity index (χ2n) is 3.46. The fourth-order valence-corrected chi connectivity index (χ4v) is 1.89. The standard InChI is InChI=1S/C9H20N3/c1-10-8-5-4-6-9(7-8,11-2)12-3/h5,8,10-12H,4,6-7H2,1-3H3. The van der Waals surface area contributed by atoms with Gasteiger partial charge in [-0.1, -0.05) is 0 Å². The van der Waals surface area contributed by atoms with Crippen LogP contribution in [0.3, 0.4) is 0 Å². The van der Waals surface area contributed by atoms with Crippen molar-refractivity contribution >= 4 is 0 Å². The van der Waals surface area contributed by atoms with Crippen LogP contribution in [0, 0.1) is 6.42 Å². The van der Waals surface area contributed by atoms with Crippen LogP contribution in [0.4, 0.5) is 0 Å². The van der Waals surface area contributed by atoms with E-state index in [2.05, 4.69) is 22.4 Å². The number of hydrogen-bond donors (Lipinski definition) is 3. The first kappa shape index (κ1) is 9.96. The molecule has 3 heteroatoms. The molecule has 3 nitrogen and oxygen atoms in total. The Morgan fingerprint density at radius 3 is 2.42 bits per heavy atom. The highest BCUT2D eigenvalue weighted by atomic mass is 15.2. The largest absolute Gasteiger partial charge is 0.317 e.